The molecular weight excluding hydrogens is 372 g/mol. The zero-order chi connectivity index (χ0) is 18.4. The predicted molar refractivity (Wildman–Crippen MR) is 98.0 cm³/mol. The molecule has 0 radical (unpaired) electrons. The van der Waals surface area contributed by atoms with E-state index in [4.69, 9.17) is 21.6 Å². The Morgan fingerprint density at radius 1 is 1.23 bits per heavy atom. The van der Waals surface area contributed by atoms with Gasteiger partial charge < -0.3 is 10.1 Å². The van der Waals surface area contributed by atoms with Gasteiger partial charge in [-0.1, -0.05) is 53.3 Å². The molecule has 0 saturated heterocycles. The number of halogens is 1. The maximum Gasteiger partial charge on any atom is 0.282 e. The maximum atomic E-state index is 12.1. The Morgan fingerprint density at radius 2 is 2.04 bits per heavy atom. The van der Waals surface area contributed by atoms with E-state index in [1.165, 1.54) is 6.07 Å². The van der Waals surface area contributed by atoms with Crippen LogP contribution in [0, 0.1) is 11.3 Å². The number of carbonyl (C=O) groups excluding carboxylic acids is 1. The second-order valence-electron chi connectivity index (χ2n) is 5.21. The highest BCUT2D eigenvalue weighted by Gasteiger charge is 2.13. The van der Waals surface area contributed by atoms with Crippen molar-refractivity contribution in [3.8, 4) is 11.8 Å². The summed E-state index contributed by atoms with van der Waals surface area (Å²) < 4.78 is 5.58. The van der Waals surface area contributed by atoms with Crippen LogP contribution in [0.25, 0.3) is 0 Å². The van der Waals surface area contributed by atoms with E-state index in [-0.39, 0.29) is 17.5 Å². The van der Waals surface area contributed by atoms with Crippen molar-refractivity contribution in [1.82, 2.24) is 15.5 Å². The van der Waals surface area contributed by atoms with Gasteiger partial charge in [0.15, 0.2) is 5.01 Å². The number of ether oxygens (including phenoxy) is 1. The third-order valence-electron chi connectivity index (χ3n) is 3.37. The molecule has 0 saturated carbocycles. The van der Waals surface area contributed by atoms with E-state index >= 15 is 0 Å². The van der Waals surface area contributed by atoms with Gasteiger partial charge in [0.05, 0.1) is 16.7 Å². The summed E-state index contributed by atoms with van der Waals surface area (Å²) in [5.74, 6) is 0.157. The van der Waals surface area contributed by atoms with Crippen LogP contribution in [0.4, 0.5) is 0 Å². The van der Waals surface area contributed by atoms with Crippen molar-refractivity contribution in [2.75, 3.05) is 0 Å². The Kier molecular flexibility index (Phi) is 5.79. The normalized spacial score (nSPS) is 10.2. The summed E-state index contributed by atoms with van der Waals surface area (Å²) in [6.07, 6.45) is 0. The highest BCUT2D eigenvalue weighted by atomic mass is 35.5. The molecule has 0 unspecified atom stereocenters. The standard InChI is InChI=1S/C18H13ClN4O2S/c19-14-8-13(9-20)6-7-15(14)25-11-16-22-23-18(26-16)17(24)21-10-12-4-2-1-3-5-12/h1-8H,10-11H2,(H,21,24). The monoisotopic (exact) mass is 384 g/mol. The molecule has 130 valence electrons. The van der Waals surface area contributed by atoms with Crippen LogP contribution in [0.2, 0.25) is 5.02 Å². The zero-order valence-corrected chi connectivity index (χ0v) is 15.0. The zero-order valence-electron chi connectivity index (χ0n) is 13.5. The van der Waals surface area contributed by atoms with Gasteiger partial charge in [-0.2, -0.15) is 5.26 Å². The molecule has 1 aromatic heterocycles. The molecule has 0 aliphatic carbocycles. The molecule has 1 N–H and O–H groups in total. The minimum absolute atomic E-state index is 0.134. The van der Waals surface area contributed by atoms with Gasteiger partial charge >= 0.3 is 0 Å². The second-order valence-corrected chi connectivity index (χ2v) is 6.68. The molecule has 26 heavy (non-hydrogen) atoms. The Hall–Kier alpha value is -2.95. The molecule has 3 rings (SSSR count). The molecular formula is C18H13ClN4O2S. The third kappa shape index (κ3) is 4.57. The SMILES string of the molecule is N#Cc1ccc(OCc2nnc(C(=O)NCc3ccccc3)s2)c(Cl)c1. The van der Waals surface area contributed by atoms with Gasteiger partial charge in [-0.3, -0.25) is 4.79 Å². The first-order chi connectivity index (χ1) is 12.7. The first kappa shape index (κ1) is 17.9. The van der Waals surface area contributed by atoms with E-state index in [2.05, 4.69) is 15.5 Å². The van der Waals surface area contributed by atoms with Crippen molar-refractivity contribution in [1.29, 1.82) is 5.26 Å². The van der Waals surface area contributed by atoms with Crippen LogP contribution in [0.1, 0.15) is 25.9 Å². The number of nitriles is 1. The van der Waals surface area contributed by atoms with Gasteiger partial charge in [-0.15, -0.1) is 10.2 Å². The molecule has 3 aromatic rings. The summed E-state index contributed by atoms with van der Waals surface area (Å²) >= 11 is 7.21. The van der Waals surface area contributed by atoms with E-state index in [9.17, 15) is 4.79 Å². The third-order valence-corrected chi connectivity index (χ3v) is 4.56. The molecule has 6 nitrogen and oxygen atoms in total. The molecule has 0 atom stereocenters. The quantitative estimate of drug-likeness (QED) is 0.701. The molecule has 8 heteroatoms. The van der Waals surface area contributed by atoms with Gasteiger partial charge in [-0.25, -0.2) is 0 Å². The fourth-order valence-electron chi connectivity index (χ4n) is 2.08. The number of amides is 1. The first-order valence-corrected chi connectivity index (χ1v) is 8.82. The van der Waals surface area contributed by atoms with Crippen molar-refractivity contribution >= 4 is 28.8 Å². The van der Waals surface area contributed by atoms with E-state index in [1.54, 1.807) is 12.1 Å². The van der Waals surface area contributed by atoms with Crippen LogP contribution in [-0.2, 0) is 13.2 Å². The number of nitrogens with one attached hydrogen (secondary N) is 1. The summed E-state index contributed by atoms with van der Waals surface area (Å²) in [6.45, 7) is 0.557. The molecule has 1 heterocycles. The minimum Gasteiger partial charge on any atom is -0.485 e. The Morgan fingerprint density at radius 3 is 2.77 bits per heavy atom. The van der Waals surface area contributed by atoms with Crippen LogP contribution in [-0.4, -0.2) is 16.1 Å². The lowest BCUT2D eigenvalue weighted by Crippen LogP contribution is -2.22. The number of hydrogen-bond donors (Lipinski definition) is 1. The highest BCUT2D eigenvalue weighted by molar-refractivity contribution is 7.13. The lowest BCUT2D eigenvalue weighted by atomic mass is 10.2. The largest absolute Gasteiger partial charge is 0.485 e. The van der Waals surface area contributed by atoms with Gasteiger partial charge in [0, 0.05) is 6.54 Å². The van der Waals surface area contributed by atoms with Gasteiger partial charge in [0.2, 0.25) is 5.01 Å². The van der Waals surface area contributed by atoms with Crippen molar-refractivity contribution in [2.24, 2.45) is 0 Å². The Labute approximate surface area is 159 Å². The van der Waals surface area contributed by atoms with Gasteiger partial charge in [-0.05, 0) is 23.8 Å². The number of rotatable bonds is 6. The van der Waals surface area contributed by atoms with Crippen molar-refractivity contribution in [3.63, 3.8) is 0 Å². The van der Waals surface area contributed by atoms with Crippen LogP contribution in [0.15, 0.2) is 48.5 Å². The summed E-state index contributed by atoms with van der Waals surface area (Å²) in [6, 6.07) is 16.4. The number of carbonyl (C=O) groups is 1. The topological polar surface area (TPSA) is 87.9 Å². The van der Waals surface area contributed by atoms with Crippen LogP contribution in [0.3, 0.4) is 0 Å². The Balaban J connectivity index is 1.56. The molecule has 0 spiro atoms. The molecule has 1 amide bonds. The average Bonchev–Trinajstić information content (AvgIpc) is 3.15. The molecule has 0 aliphatic heterocycles. The molecule has 0 bridgehead atoms. The predicted octanol–water partition coefficient (Wildman–Crippen LogP) is 3.57. The molecule has 2 aromatic carbocycles. The van der Waals surface area contributed by atoms with Crippen molar-refractivity contribution in [2.45, 2.75) is 13.2 Å². The van der Waals surface area contributed by atoms with Gasteiger partial charge in [0.1, 0.15) is 12.4 Å². The minimum atomic E-state index is -0.283. The Bertz CT molecular complexity index is 953. The average molecular weight is 385 g/mol. The fourth-order valence-corrected chi connectivity index (χ4v) is 2.99. The number of benzene rings is 2. The molecule has 0 aliphatic rings. The lowest BCUT2D eigenvalue weighted by Gasteiger charge is -2.05. The summed E-state index contributed by atoms with van der Waals surface area (Å²) in [5.41, 5.74) is 1.46. The second kappa shape index (κ2) is 8.43. The fraction of sp³-hybridized carbons (Fsp3) is 0.111. The van der Waals surface area contributed by atoms with E-state index in [0.29, 0.717) is 27.9 Å². The van der Waals surface area contributed by atoms with Crippen molar-refractivity contribution < 1.29 is 9.53 Å². The highest BCUT2D eigenvalue weighted by Crippen LogP contribution is 2.26. The number of nitrogens with zero attached hydrogens (tertiary/aromatic N) is 3. The first-order valence-electron chi connectivity index (χ1n) is 7.62. The lowest BCUT2D eigenvalue weighted by molar-refractivity contribution is 0.0950. The van der Waals surface area contributed by atoms with E-state index in [1.807, 2.05) is 36.4 Å². The number of hydrogen-bond acceptors (Lipinski definition) is 6. The van der Waals surface area contributed by atoms with Crippen molar-refractivity contribution in [3.05, 3.63) is 74.7 Å². The maximum absolute atomic E-state index is 12.1. The summed E-state index contributed by atoms with van der Waals surface area (Å²) in [4.78, 5) is 12.1. The molecule has 0 fully saturated rings. The van der Waals surface area contributed by atoms with Crippen LogP contribution >= 0.6 is 22.9 Å². The summed E-state index contributed by atoms with van der Waals surface area (Å²) in [7, 11) is 0. The van der Waals surface area contributed by atoms with Gasteiger partial charge in [0.25, 0.3) is 5.91 Å². The van der Waals surface area contributed by atoms with E-state index < -0.39 is 0 Å². The van der Waals surface area contributed by atoms with E-state index in [0.717, 1.165) is 16.9 Å². The van der Waals surface area contributed by atoms with Crippen LogP contribution < -0.4 is 10.1 Å². The smallest absolute Gasteiger partial charge is 0.282 e. The number of aromatic nitrogens is 2. The summed E-state index contributed by atoms with van der Waals surface area (Å²) in [5, 5.41) is 20.6. The van der Waals surface area contributed by atoms with Crippen LogP contribution in [0.5, 0.6) is 5.75 Å².